The molecule has 27 heavy (non-hydrogen) atoms. The molecule has 2 aromatic rings. The van der Waals surface area contributed by atoms with Gasteiger partial charge in [-0.15, -0.1) is 0 Å². The van der Waals surface area contributed by atoms with Crippen molar-refractivity contribution < 1.29 is 13.9 Å². The number of aryl methyl sites for hydroxylation is 1. The van der Waals surface area contributed by atoms with Crippen molar-refractivity contribution in [2.45, 2.75) is 44.6 Å². The second kappa shape index (κ2) is 7.72. The molecule has 1 heterocycles. The van der Waals surface area contributed by atoms with Gasteiger partial charge in [0.25, 0.3) is 0 Å². The molecule has 0 spiro atoms. The van der Waals surface area contributed by atoms with E-state index in [0.717, 1.165) is 24.2 Å². The highest BCUT2D eigenvalue weighted by molar-refractivity contribution is 5.80. The van der Waals surface area contributed by atoms with E-state index >= 15 is 0 Å². The van der Waals surface area contributed by atoms with E-state index in [9.17, 15) is 9.50 Å². The number of nitrogens with one attached hydrogen (secondary N) is 2. The first-order chi connectivity index (χ1) is 12.8. The molecule has 1 unspecified atom stereocenters. The second-order valence-electron chi connectivity index (χ2n) is 7.52. The number of aliphatic hydroxyl groups is 1. The van der Waals surface area contributed by atoms with Gasteiger partial charge in [0.15, 0.2) is 5.96 Å². The van der Waals surface area contributed by atoms with Gasteiger partial charge < -0.3 is 20.2 Å². The second-order valence-corrected chi connectivity index (χ2v) is 7.52. The van der Waals surface area contributed by atoms with Crippen LogP contribution < -0.4 is 10.6 Å². The maximum Gasteiger partial charge on any atom is 0.191 e. The molecule has 0 amide bonds. The van der Waals surface area contributed by atoms with Crippen LogP contribution in [0.1, 0.15) is 43.8 Å². The number of guanidine groups is 1. The molecule has 0 saturated heterocycles. The Kier molecular flexibility index (Phi) is 5.56. The molecular formula is C21H28FN3O2. The Hall–Kier alpha value is -2.34. The van der Waals surface area contributed by atoms with Gasteiger partial charge in [-0.05, 0) is 63.4 Å². The largest absolute Gasteiger partial charge is 0.463 e. The molecule has 0 radical (unpaired) electrons. The van der Waals surface area contributed by atoms with E-state index in [1.54, 1.807) is 25.1 Å². The molecule has 1 aliphatic rings. The highest BCUT2D eigenvalue weighted by Crippen LogP contribution is 2.47. The van der Waals surface area contributed by atoms with Crippen molar-refractivity contribution in [2.75, 3.05) is 19.6 Å². The summed E-state index contributed by atoms with van der Waals surface area (Å²) in [6.45, 7) is 7.07. The van der Waals surface area contributed by atoms with Crippen LogP contribution in [0.25, 0.3) is 0 Å². The van der Waals surface area contributed by atoms with Crippen molar-refractivity contribution in [3.8, 4) is 0 Å². The third-order valence-electron chi connectivity index (χ3n) is 5.05. The molecule has 0 bridgehead atoms. The van der Waals surface area contributed by atoms with Crippen LogP contribution in [-0.2, 0) is 11.0 Å². The molecule has 1 fully saturated rings. The van der Waals surface area contributed by atoms with E-state index in [2.05, 4.69) is 15.6 Å². The average molecular weight is 373 g/mol. The maximum atomic E-state index is 13.6. The average Bonchev–Trinajstić information content (AvgIpc) is 3.30. The molecule has 1 aromatic heterocycles. The Morgan fingerprint density at radius 1 is 1.30 bits per heavy atom. The molecular weight excluding hydrogens is 345 g/mol. The Morgan fingerprint density at radius 3 is 2.67 bits per heavy atom. The summed E-state index contributed by atoms with van der Waals surface area (Å²) in [5.74, 6) is 1.68. The number of rotatable bonds is 7. The molecule has 146 valence electrons. The Balaban J connectivity index is 1.66. The van der Waals surface area contributed by atoms with E-state index in [1.807, 2.05) is 26.0 Å². The Morgan fingerprint density at radius 2 is 2.07 bits per heavy atom. The molecule has 1 saturated carbocycles. The minimum atomic E-state index is -1.18. The van der Waals surface area contributed by atoms with E-state index in [1.165, 1.54) is 6.07 Å². The number of nitrogens with zero attached hydrogens (tertiary/aromatic N) is 1. The number of furan rings is 1. The first-order valence-electron chi connectivity index (χ1n) is 9.42. The maximum absolute atomic E-state index is 13.6. The van der Waals surface area contributed by atoms with Crippen LogP contribution in [0.3, 0.4) is 0 Å². The van der Waals surface area contributed by atoms with Crippen molar-refractivity contribution in [1.82, 2.24) is 10.6 Å². The van der Waals surface area contributed by atoms with Gasteiger partial charge in [0.2, 0.25) is 0 Å². The van der Waals surface area contributed by atoms with Crippen molar-refractivity contribution in [3.05, 3.63) is 59.3 Å². The Labute approximate surface area is 159 Å². The van der Waals surface area contributed by atoms with Crippen LogP contribution in [-0.4, -0.2) is 30.7 Å². The van der Waals surface area contributed by atoms with Crippen molar-refractivity contribution >= 4 is 5.96 Å². The molecule has 1 atom stereocenters. The van der Waals surface area contributed by atoms with Gasteiger partial charge in [0.05, 0.1) is 6.54 Å². The normalized spacial score (nSPS) is 18.0. The van der Waals surface area contributed by atoms with Crippen LogP contribution in [0, 0.1) is 12.7 Å². The lowest BCUT2D eigenvalue weighted by Gasteiger charge is -2.21. The van der Waals surface area contributed by atoms with Gasteiger partial charge in [0, 0.05) is 18.5 Å². The van der Waals surface area contributed by atoms with Gasteiger partial charge in [-0.1, -0.05) is 12.1 Å². The monoisotopic (exact) mass is 373 g/mol. The van der Waals surface area contributed by atoms with Crippen molar-refractivity contribution in [2.24, 2.45) is 4.99 Å². The highest BCUT2D eigenvalue weighted by Gasteiger charge is 2.44. The van der Waals surface area contributed by atoms with E-state index in [0.29, 0.717) is 24.8 Å². The van der Waals surface area contributed by atoms with Gasteiger partial charge in [-0.3, -0.25) is 0 Å². The first-order valence-corrected chi connectivity index (χ1v) is 9.42. The fourth-order valence-electron chi connectivity index (χ4n) is 3.17. The topological polar surface area (TPSA) is 69.8 Å². The summed E-state index contributed by atoms with van der Waals surface area (Å²) in [5, 5.41) is 17.2. The van der Waals surface area contributed by atoms with E-state index in [4.69, 9.17) is 4.42 Å². The smallest absolute Gasteiger partial charge is 0.191 e. The van der Waals surface area contributed by atoms with Crippen molar-refractivity contribution in [3.63, 3.8) is 0 Å². The zero-order valence-corrected chi connectivity index (χ0v) is 16.2. The zero-order chi connectivity index (χ0) is 19.5. The molecule has 1 aromatic carbocycles. The minimum Gasteiger partial charge on any atom is -0.463 e. The third-order valence-corrected chi connectivity index (χ3v) is 5.05. The molecule has 5 nitrogen and oxygen atoms in total. The quantitative estimate of drug-likeness (QED) is 0.515. The third kappa shape index (κ3) is 4.69. The van der Waals surface area contributed by atoms with Crippen LogP contribution in [0.2, 0.25) is 0 Å². The summed E-state index contributed by atoms with van der Waals surface area (Å²) in [4.78, 5) is 4.52. The summed E-state index contributed by atoms with van der Waals surface area (Å²) in [6, 6.07) is 10.4. The molecule has 3 rings (SSSR count). The SMILES string of the molecule is CCNC(=NCC(C)(O)c1ccc(C)o1)NCC1(c2cccc(F)c2)CC1. The fraction of sp³-hybridized carbons (Fsp3) is 0.476. The van der Waals surface area contributed by atoms with Crippen molar-refractivity contribution in [1.29, 1.82) is 0 Å². The number of halogens is 1. The lowest BCUT2D eigenvalue weighted by Crippen LogP contribution is -2.42. The predicted octanol–water partition coefficient (Wildman–Crippen LogP) is 3.22. The minimum absolute atomic E-state index is 0.0427. The molecule has 1 aliphatic carbocycles. The standard InChI is InChI=1S/C21H28FN3O2/c1-4-23-19(24-13-20(3,26)18-9-8-15(2)27-18)25-14-21(10-11-21)16-6-5-7-17(22)12-16/h5-9,12,26H,4,10-11,13-14H2,1-3H3,(H2,23,24,25). The molecule has 3 N–H and O–H groups in total. The summed E-state index contributed by atoms with van der Waals surface area (Å²) in [6.07, 6.45) is 2.04. The molecule has 6 heteroatoms. The van der Waals surface area contributed by atoms with Gasteiger partial charge >= 0.3 is 0 Å². The van der Waals surface area contributed by atoms with Crippen LogP contribution in [0.4, 0.5) is 4.39 Å². The Bertz CT molecular complexity index is 809. The van der Waals surface area contributed by atoms with Gasteiger partial charge in [-0.2, -0.15) is 0 Å². The lowest BCUT2D eigenvalue weighted by molar-refractivity contribution is 0.0428. The number of aliphatic imine (C=N–C) groups is 1. The lowest BCUT2D eigenvalue weighted by atomic mass is 9.96. The fourth-order valence-corrected chi connectivity index (χ4v) is 3.17. The van der Waals surface area contributed by atoms with Gasteiger partial charge in [-0.25, -0.2) is 9.38 Å². The van der Waals surface area contributed by atoms with E-state index in [-0.39, 0.29) is 17.8 Å². The summed E-state index contributed by atoms with van der Waals surface area (Å²) in [7, 11) is 0. The summed E-state index contributed by atoms with van der Waals surface area (Å²) in [5.41, 5.74) is -0.209. The van der Waals surface area contributed by atoms with Crippen LogP contribution in [0.15, 0.2) is 45.8 Å². The summed E-state index contributed by atoms with van der Waals surface area (Å²) >= 11 is 0. The molecule has 0 aliphatic heterocycles. The van der Waals surface area contributed by atoms with Crippen LogP contribution >= 0.6 is 0 Å². The van der Waals surface area contributed by atoms with E-state index < -0.39 is 5.60 Å². The highest BCUT2D eigenvalue weighted by atomic mass is 19.1. The van der Waals surface area contributed by atoms with Crippen LogP contribution in [0.5, 0.6) is 0 Å². The first kappa shape index (κ1) is 19.4. The predicted molar refractivity (Wildman–Crippen MR) is 104 cm³/mol. The zero-order valence-electron chi connectivity index (χ0n) is 16.2. The number of hydrogen-bond acceptors (Lipinski definition) is 3. The number of benzene rings is 1. The summed E-state index contributed by atoms with van der Waals surface area (Å²) < 4.78 is 19.1. The van der Waals surface area contributed by atoms with Gasteiger partial charge in [0.1, 0.15) is 22.9 Å². The number of hydrogen-bond donors (Lipinski definition) is 3.